The lowest BCUT2D eigenvalue weighted by atomic mass is 9.94. The van der Waals surface area contributed by atoms with Gasteiger partial charge < -0.3 is 26.0 Å². The molecule has 0 aliphatic carbocycles. The SMILES string of the molecule is Cc1ccc(C(C(=O)Nc2ccccc2C)N(C(=O)C(CCC(N)=O)NC(=O)OC(C)(C)C)C(C)(C)C)cc1. The molecule has 4 amide bonds. The highest BCUT2D eigenvalue weighted by molar-refractivity contribution is 5.99. The molecule has 0 bridgehead atoms. The van der Waals surface area contributed by atoms with E-state index in [9.17, 15) is 19.2 Å². The highest BCUT2D eigenvalue weighted by Crippen LogP contribution is 2.32. The number of para-hydroxylation sites is 1. The summed E-state index contributed by atoms with van der Waals surface area (Å²) in [6.45, 7) is 14.4. The van der Waals surface area contributed by atoms with Crippen molar-refractivity contribution in [2.24, 2.45) is 5.73 Å². The van der Waals surface area contributed by atoms with Gasteiger partial charge in [-0.25, -0.2) is 4.79 Å². The summed E-state index contributed by atoms with van der Waals surface area (Å²) in [6, 6.07) is 12.5. The Bertz CT molecular complexity index is 1180. The van der Waals surface area contributed by atoms with Crippen LogP contribution in [0.15, 0.2) is 48.5 Å². The van der Waals surface area contributed by atoms with E-state index in [1.807, 2.05) is 77.1 Å². The normalized spacial score (nSPS) is 13.1. The fourth-order valence-electron chi connectivity index (χ4n) is 4.09. The van der Waals surface area contributed by atoms with E-state index in [2.05, 4.69) is 10.6 Å². The predicted molar refractivity (Wildman–Crippen MR) is 152 cm³/mol. The second-order valence-corrected chi connectivity index (χ2v) is 11.7. The van der Waals surface area contributed by atoms with Gasteiger partial charge in [-0.2, -0.15) is 0 Å². The summed E-state index contributed by atoms with van der Waals surface area (Å²) in [7, 11) is 0. The lowest BCUT2D eigenvalue weighted by Crippen LogP contribution is -2.58. The molecule has 0 heterocycles. The first-order chi connectivity index (χ1) is 18.0. The zero-order valence-electron chi connectivity index (χ0n) is 24.3. The van der Waals surface area contributed by atoms with E-state index in [0.29, 0.717) is 11.3 Å². The van der Waals surface area contributed by atoms with Crippen molar-refractivity contribution in [2.75, 3.05) is 5.32 Å². The Morgan fingerprint density at radius 3 is 2.03 bits per heavy atom. The number of hydrogen-bond donors (Lipinski definition) is 3. The van der Waals surface area contributed by atoms with Crippen LogP contribution < -0.4 is 16.4 Å². The average molecular weight is 539 g/mol. The van der Waals surface area contributed by atoms with Crippen LogP contribution >= 0.6 is 0 Å². The van der Waals surface area contributed by atoms with Gasteiger partial charge in [-0.05, 0) is 79.0 Å². The van der Waals surface area contributed by atoms with Crippen LogP contribution in [0.4, 0.5) is 10.5 Å². The molecule has 0 aromatic heterocycles. The summed E-state index contributed by atoms with van der Waals surface area (Å²) in [6.07, 6.45) is -1.01. The Balaban J connectivity index is 2.59. The van der Waals surface area contributed by atoms with Crippen LogP contribution in [0, 0.1) is 13.8 Å². The fraction of sp³-hybridized carbons (Fsp3) is 0.467. The van der Waals surface area contributed by atoms with Crippen LogP contribution in [0.2, 0.25) is 0 Å². The zero-order valence-corrected chi connectivity index (χ0v) is 24.3. The zero-order chi connectivity index (χ0) is 29.5. The summed E-state index contributed by atoms with van der Waals surface area (Å²) < 4.78 is 5.37. The van der Waals surface area contributed by atoms with Gasteiger partial charge in [-0.15, -0.1) is 0 Å². The second-order valence-electron chi connectivity index (χ2n) is 11.7. The number of anilines is 1. The molecule has 2 aromatic carbocycles. The molecule has 0 fully saturated rings. The molecule has 2 aromatic rings. The number of nitrogens with one attached hydrogen (secondary N) is 2. The van der Waals surface area contributed by atoms with E-state index in [1.54, 1.807) is 26.8 Å². The first-order valence-corrected chi connectivity index (χ1v) is 13.0. The number of carbonyl (C=O) groups excluding carboxylic acids is 4. The topological polar surface area (TPSA) is 131 Å². The summed E-state index contributed by atoms with van der Waals surface area (Å²) >= 11 is 0. The molecule has 0 aliphatic heterocycles. The van der Waals surface area contributed by atoms with Crippen molar-refractivity contribution in [2.45, 2.75) is 91.5 Å². The number of ether oxygens (including phenoxy) is 1. The number of rotatable bonds is 9. The maximum atomic E-state index is 14.2. The molecule has 2 atom stereocenters. The number of nitrogens with two attached hydrogens (primary N) is 1. The number of hydrogen-bond acceptors (Lipinski definition) is 5. The quantitative estimate of drug-likeness (QED) is 0.423. The number of amides is 4. The van der Waals surface area contributed by atoms with Crippen molar-refractivity contribution in [1.82, 2.24) is 10.2 Å². The standard InChI is InChI=1S/C30H42N4O5/c1-19-13-15-21(16-14-19)25(26(36)32-22-12-10-9-11-20(22)2)34(29(3,4)5)27(37)23(17-18-24(31)35)33-28(38)39-30(6,7)8/h9-16,23,25H,17-18H2,1-8H3,(H2,31,35)(H,32,36)(H,33,38). The monoisotopic (exact) mass is 538 g/mol. The van der Waals surface area contributed by atoms with Gasteiger partial charge >= 0.3 is 6.09 Å². The largest absolute Gasteiger partial charge is 0.444 e. The van der Waals surface area contributed by atoms with E-state index < -0.39 is 47.0 Å². The van der Waals surface area contributed by atoms with E-state index >= 15 is 0 Å². The smallest absolute Gasteiger partial charge is 0.408 e. The summed E-state index contributed by atoms with van der Waals surface area (Å²) in [5.74, 6) is -1.57. The third kappa shape index (κ3) is 9.42. The van der Waals surface area contributed by atoms with Gasteiger partial charge in [-0.1, -0.05) is 48.0 Å². The van der Waals surface area contributed by atoms with Gasteiger partial charge in [0.1, 0.15) is 17.7 Å². The number of primary amides is 1. The minimum absolute atomic E-state index is 0.0555. The van der Waals surface area contributed by atoms with Crippen molar-refractivity contribution in [3.8, 4) is 0 Å². The van der Waals surface area contributed by atoms with E-state index in [1.165, 1.54) is 4.90 Å². The molecule has 0 saturated carbocycles. The first kappa shape index (κ1) is 31.3. The van der Waals surface area contributed by atoms with E-state index in [4.69, 9.17) is 10.5 Å². The van der Waals surface area contributed by atoms with Crippen LogP contribution in [-0.4, -0.2) is 45.9 Å². The summed E-state index contributed by atoms with van der Waals surface area (Å²) in [5, 5.41) is 5.58. The highest BCUT2D eigenvalue weighted by Gasteiger charge is 2.42. The summed E-state index contributed by atoms with van der Waals surface area (Å²) in [4.78, 5) is 53.9. The molecule has 0 saturated heterocycles. The maximum Gasteiger partial charge on any atom is 0.408 e. The molecule has 0 aliphatic rings. The van der Waals surface area contributed by atoms with Crippen LogP contribution in [0.3, 0.4) is 0 Å². The van der Waals surface area contributed by atoms with Gasteiger partial charge in [0.25, 0.3) is 5.91 Å². The number of carbonyl (C=O) groups is 4. The fourth-order valence-corrected chi connectivity index (χ4v) is 4.09. The second kappa shape index (κ2) is 12.8. The van der Waals surface area contributed by atoms with Crippen molar-refractivity contribution in [3.63, 3.8) is 0 Å². The molecule has 9 heteroatoms. The third-order valence-corrected chi connectivity index (χ3v) is 5.93. The first-order valence-electron chi connectivity index (χ1n) is 13.0. The molecule has 39 heavy (non-hydrogen) atoms. The molecular formula is C30H42N4O5. The Hall–Kier alpha value is -3.88. The van der Waals surface area contributed by atoms with Gasteiger partial charge in [-0.3, -0.25) is 14.4 Å². The van der Waals surface area contributed by atoms with Crippen LogP contribution in [0.25, 0.3) is 0 Å². The molecular weight excluding hydrogens is 496 g/mol. The Morgan fingerprint density at radius 2 is 1.51 bits per heavy atom. The number of alkyl carbamates (subject to hydrolysis) is 1. The highest BCUT2D eigenvalue weighted by atomic mass is 16.6. The Morgan fingerprint density at radius 1 is 0.923 bits per heavy atom. The van der Waals surface area contributed by atoms with Crippen LogP contribution in [0.1, 0.15) is 77.1 Å². The van der Waals surface area contributed by atoms with Crippen molar-refractivity contribution in [3.05, 3.63) is 65.2 Å². The Kier molecular flexibility index (Phi) is 10.3. The molecule has 0 radical (unpaired) electrons. The lowest BCUT2D eigenvalue weighted by Gasteiger charge is -2.43. The molecule has 0 spiro atoms. The predicted octanol–water partition coefficient (Wildman–Crippen LogP) is 4.77. The number of benzene rings is 2. The molecule has 2 rings (SSSR count). The van der Waals surface area contributed by atoms with E-state index in [-0.39, 0.29) is 12.8 Å². The minimum atomic E-state index is -1.16. The number of aryl methyl sites for hydroxylation is 2. The molecule has 9 nitrogen and oxygen atoms in total. The molecule has 212 valence electrons. The van der Waals surface area contributed by atoms with Crippen molar-refractivity contribution >= 4 is 29.5 Å². The van der Waals surface area contributed by atoms with Crippen LogP contribution in [0.5, 0.6) is 0 Å². The van der Waals surface area contributed by atoms with Gasteiger partial charge in [0, 0.05) is 17.6 Å². The van der Waals surface area contributed by atoms with Crippen LogP contribution in [-0.2, 0) is 19.1 Å². The third-order valence-electron chi connectivity index (χ3n) is 5.93. The van der Waals surface area contributed by atoms with Gasteiger partial charge in [0.15, 0.2) is 0 Å². The minimum Gasteiger partial charge on any atom is -0.444 e. The van der Waals surface area contributed by atoms with Gasteiger partial charge in [0.05, 0.1) is 0 Å². The lowest BCUT2D eigenvalue weighted by molar-refractivity contribution is -0.147. The Labute approximate surface area is 231 Å². The van der Waals surface area contributed by atoms with Gasteiger partial charge in [0.2, 0.25) is 11.8 Å². The van der Waals surface area contributed by atoms with E-state index in [0.717, 1.165) is 11.1 Å². The maximum absolute atomic E-state index is 14.2. The average Bonchev–Trinajstić information content (AvgIpc) is 2.79. The number of nitrogens with zero attached hydrogens (tertiary/aromatic N) is 1. The molecule has 2 unspecified atom stereocenters. The van der Waals surface area contributed by atoms with Crippen molar-refractivity contribution in [1.29, 1.82) is 0 Å². The van der Waals surface area contributed by atoms with Crippen molar-refractivity contribution < 1.29 is 23.9 Å². The summed E-state index contributed by atoms with van der Waals surface area (Å²) in [5.41, 5.74) is 6.80. The molecule has 4 N–H and O–H groups in total.